The Morgan fingerprint density at radius 1 is 0.870 bits per heavy atom. The highest BCUT2D eigenvalue weighted by Gasteiger charge is 2.29. The molecule has 0 spiro atoms. The number of benzene rings is 4. The van der Waals surface area contributed by atoms with Crippen LogP contribution in [0.5, 0.6) is 5.75 Å². The lowest BCUT2D eigenvalue weighted by Gasteiger charge is -2.36. The molecule has 1 N–H and O–H groups in total. The van der Waals surface area contributed by atoms with E-state index in [1.807, 2.05) is 18.2 Å². The van der Waals surface area contributed by atoms with Crippen molar-refractivity contribution in [1.29, 1.82) is 0 Å². The summed E-state index contributed by atoms with van der Waals surface area (Å²) in [6, 6.07) is 26.8. The average molecular weight is 641 g/mol. The number of nitrogens with one attached hydrogen (secondary N) is 1. The molecule has 10 heteroatoms. The van der Waals surface area contributed by atoms with Gasteiger partial charge in [0.05, 0.1) is 12.8 Å². The Morgan fingerprint density at radius 3 is 2.26 bits per heavy atom. The summed E-state index contributed by atoms with van der Waals surface area (Å²) >= 11 is 0. The van der Waals surface area contributed by atoms with Crippen molar-refractivity contribution in [3.63, 3.8) is 0 Å². The van der Waals surface area contributed by atoms with Gasteiger partial charge >= 0.3 is 6.03 Å². The van der Waals surface area contributed by atoms with Crippen molar-refractivity contribution in [2.75, 3.05) is 48.8 Å². The van der Waals surface area contributed by atoms with Crippen molar-refractivity contribution < 1.29 is 22.7 Å². The van der Waals surface area contributed by atoms with Gasteiger partial charge in [0.2, 0.25) is 0 Å². The Balaban J connectivity index is 1.38. The third kappa shape index (κ3) is 7.18. The molecule has 0 unspecified atom stereocenters. The molecule has 46 heavy (non-hydrogen) atoms. The molecule has 1 fully saturated rings. The number of urea groups is 1. The van der Waals surface area contributed by atoms with Gasteiger partial charge in [-0.05, 0) is 90.6 Å². The van der Waals surface area contributed by atoms with Gasteiger partial charge in [0, 0.05) is 44.1 Å². The maximum Gasteiger partial charge on any atom is 0.328 e. The Kier molecular flexibility index (Phi) is 9.96. The molecule has 4 aromatic rings. The molecule has 0 aliphatic carbocycles. The molecule has 240 valence electrons. The number of rotatable bonds is 11. The first-order valence-electron chi connectivity index (χ1n) is 15.4. The highest BCUT2D eigenvalue weighted by atomic mass is 32.2. The Hall–Kier alpha value is -4.83. The number of unbranched alkanes of at least 4 members (excludes halogenated alkanes) is 1. The molecule has 3 amide bonds. The van der Waals surface area contributed by atoms with E-state index in [-0.39, 0.29) is 22.6 Å². The lowest BCUT2D eigenvalue weighted by atomic mass is 10.0. The molecule has 0 radical (unpaired) electrons. The van der Waals surface area contributed by atoms with E-state index >= 15 is 0 Å². The number of anilines is 3. The molecule has 0 saturated carbocycles. The van der Waals surface area contributed by atoms with Gasteiger partial charge in [-0.1, -0.05) is 49.7 Å². The summed E-state index contributed by atoms with van der Waals surface area (Å²) in [5.74, 6) is 0.0240. The Labute approximate surface area is 271 Å². The predicted octanol–water partition coefficient (Wildman–Crippen LogP) is 7.04. The van der Waals surface area contributed by atoms with E-state index in [2.05, 4.69) is 23.8 Å². The van der Waals surface area contributed by atoms with Crippen LogP contribution in [0.15, 0.2) is 95.9 Å². The van der Waals surface area contributed by atoms with Gasteiger partial charge in [-0.15, -0.1) is 0 Å². The summed E-state index contributed by atoms with van der Waals surface area (Å²) in [5.41, 5.74) is 4.80. The number of aryl methyl sites for hydroxylation is 1. The predicted molar refractivity (Wildman–Crippen MR) is 183 cm³/mol. The summed E-state index contributed by atoms with van der Waals surface area (Å²) in [6.07, 6.45) is 4.04. The fourth-order valence-corrected chi connectivity index (χ4v) is 6.78. The molecule has 4 aromatic carbocycles. The Morgan fingerprint density at radius 2 is 1.57 bits per heavy atom. The number of sulfonamides is 1. The van der Waals surface area contributed by atoms with Crippen molar-refractivity contribution in [1.82, 2.24) is 4.90 Å². The number of carbonyl (C=O) groups is 2. The zero-order valence-corrected chi connectivity index (χ0v) is 27.5. The van der Waals surface area contributed by atoms with Crippen LogP contribution < -0.4 is 19.3 Å². The number of ether oxygens (including phenoxy) is 1. The number of hydrogen-bond acceptors (Lipinski definition) is 5. The van der Waals surface area contributed by atoms with Crippen molar-refractivity contribution in [2.24, 2.45) is 0 Å². The molecular formula is C36H40N4O5S. The maximum absolute atomic E-state index is 13.8. The normalized spacial score (nSPS) is 13.4. The van der Waals surface area contributed by atoms with Gasteiger partial charge in [0.1, 0.15) is 10.6 Å². The van der Waals surface area contributed by atoms with E-state index in [0.29, 0.717) is 41.2 Å². The van der Waals surface area contributed by atoms with Crippen LogP contribution in [0.1, 0.15) is 42.1 Å². The smallest absolute Gasteiger partial charge is 0.328 e. The van der Waals surface area contributed by atoms with Gasteiger partial charge in [-0.3, -0.25) is 19.3 Å². The van der Waals surface area contributed by atoms with E-state index in [4.69, 9.17) is 4.74 Å². The second-order valence-electron chi connectivity index (χ2n) is 11.5. The van der Waals surface area contributed by atoms with E-state index in [0.717, 1.165) is 31.4 Å². The zero-order valence-electron chi connectivity index (χ0n) is 26.7. The number of amides is 3. The second kappa shape index (κ2) is 14.1. The van der Waals surface area contributed by atoms with Gasteiger partial charge in [-0.25, -0.2) is 13.2 Å². The number of nitrogens with zero attached hydrogens (tertiary/aromatic N) is 3. The standard InChI is InChI=1S/C36H40N4O5S/c1-5-6-10-26-15-18-31(19-16-26)39-21-9-22-40(36(39)42)32-14-8-13-30(25-32)37-46(43,44)34-24-28(17-20-33(34)45-4)27-11-7-12-29(23-27)35(41)38(2)3/h7-8,11-20,23-25,37H,5-6,9-10,21-22H2,1-4H3. The second-order valence-corrected chi connectivity index (χ2v) is 13.2. The Bertz CT molecular complexity index is 1820. The summed E-state index contributed by atoms with van der Waals surface area (Å²) < 4.78 is 35.6. The molecule has 0 atom stereocenters. The highest BCUT2D eigenvalue weighted by Crippen LogP contribution is 2.33. The molecule has 1 aliphatic heterocycles. The first kappa shape index (κ1) is 32.6. The van der Waals surface area contributed by atoms with E-state index < -0.39 is 10.0 Å². The van der Waals surface area contributed by atoms with Crippen LogP contribution in [0.3, 0.4) is 0 Å². The lowest BCUT2D eigenvalue weighted by Crippen LogP contribution is -2.49. The SMILES string of the molecule is CCCCc1ccc(N2CCCN(c3cccc(NS(=O)(=O)c4cc(-c5cccc(C(=O)N(C)C)c5)ccc4OC)c3)C2=O)cc1. The first-order valence-corrected chi connectivity index (χ1v) is 16.9. The molecule has 1 heterocycles. The van der Waals surface area contributed by atoms with E-state index in [1.165, 1.54) is 23.6 Å². The fourth-order valence-electron chi connectivity index (χ4n) is 5.53. The van der Waals surface area contributed by atoms with Crippen molar-refractivity contribution in [2.45, 2.75) is 37.5 Å². The monoisotopic (exact) mass is 640 g/mol. The minimum absolute atomic E-state index is 0.0511. The van der Waals surface area contributed by atoms with E-state index in [9.17, 15) is 18.0 Å². The van der Waals surface area contributed by atoms with Crippen LogP contribution in [-0.2, 0) is 16.4 Å². The molecule has 5 rings (SSSR count). The van der Waals surface area contributed by atoms with Gasteiger partial charge in [0.25, 0.3) is 15.9 Å². The van der Waals surface area contributed by atoms with Crippen LogP contribution in [0, 0.1) is 0 Å². The van der Waals surface area contributed by atoms with Crippen LogP contribution in [0.25, 0.3) is 11.1 Å². The third-order valence-corrected chi connectivity index (χ3v) is 9.41. The van der Waals surface area contributed by atoms with Crippen molar-refractivity contribution in [3.05, 3.63) is 102 Å². The van der Waals surface area contributed by atoms with Gasteiger partial charge < -0.3 is 9.64 Å². The summed E-state index contributed by atoms with van der Waals surface area (Å²) in [6.45, 7) is 3.30. The minimum atomic E-state index is -4.12. The number of hydrogen-bond donors (Lipinski definition) is 1. The van der Waals surface area contributed by atoms with Gasteiger partial charge in [0.15, 0.2) is 0 Å². The van der Waals surface area contributed by atoms with Crippen LogP contribution in [0.4, 0.5) is 21.9 Å². The first-order chi connectivity index (χ1) is 22.1. The average Bonchev–Trinajstić information content (AvgIpc) is 3.07. The van der Waals surface area contributed by atoms with E-state index in [1.54, 1.807) is 78.5 Å². The molecule has 1 saturated heterocycles. The van der Waals surface area contributed by atoms with Crippen LogP contribution in [0.2, 0.25) is 0 Å². The molecule has 1 aliphatic rings. The number of methoxy groups -OCH3 is 1. The summed E-state index contributed by atoms with van der Waals surface area (Å²) in [5, 5.41) is 0. The largest absolute Gasteiger partial charge is 0.495 e. The lowest BCUT2D eigenvalue weighted by molar-refractivity contribution is 0.0827. The van der Waals surface area contributed by atoms with Crippen LogP contribution >= 0.6 is 0 Å². The fraction of sp³-hybridized carbons (Fsp3) is 0.278. The third-order valence-electron chi connectivity index (χ3n) is 8.00. The topological polar surface area (TPSA) is 99.3 Å². The number of carbonyl (C=O) groups excluding carboxylic acids is 2. The van der Waals surface area contributed by atoms with Crippen LogP contribution in [-0.4, -0.2) is 59.6 Å². The van der Waals surface area contributed by atoms with Crippen molar-refractivity contribution in [3.8, 4) is 16.9 Å². The summed E-state index contributed by atoms with van der Waals surface area (Å²) in [4.78, 5) is 31.0. The highest BCUT2D eigenvalue weighted by molar-refractivity contribution is 7.92. The van der Waals surface area contributed by atoms with Gasteiger partial charge in [-0.2, -0.15) is 0 Å². The quantitative estimate of drug-likeness (QED) is 0.190. The molecule has 9 nitrogen and oxygen atoms in total. The molecule has 0 aromatic heterocycles. The van der Waals surface area contributed by atoms with Crippen molar-refractivity contribution >= 4 is 39.0 Å². The summed E-state index contributed by atoms with van der Waals surface area (Å²) in [7, 11) is 0.655. The molecular weight excluding hydrogens is 600 g/mol. The zero-order chi connectivity index (χ0) is 32.8. The molecule has 0 bridgehead atoms. The minimum Gasteiger partial charge on any atom is -0.495 e. The maximum atomic E-state index is 13.8.